The topological polar surface area (TPSA) is 68.6 Å². The van der Waals surface area contributed by atoms with Crippen LogP contribution < -0.4 is 10.6 Å². The minimum atomic E-state index is -0.221. The van der Waals surface area contributed by atoms with E-state index >= 15 is 0 Å². The zero-order chi connectivity index (χ0) is 17.6. The summed E-state index contributed by atoms with van der Waals surface area (Å²) < 4.78 is 13.0. The van der Waals surface area contributed by atoms with E-state index < -0.39 is 0 Å². The van der Waals surface area contributed by atoms with Crippen LogP contribution in [0, 0.1) is 17.1 Å². The molecule has 1 fully saturated rings. The minimum Gasteiger partial charge on any atom is -0.370 e. The van der Waals surface area contributed by atoms with Crippen molar-refractivity contribution in [3.63, 3.8) is 0 Å². The average Bonchev–Trinajstić information content (AvgIpc) is 2.67. The third-order valence-electron chi connectivity index (χ3n) is 4.30. The van der Waals surface area contributed by atoms with Crippen LogP contribution in [0.15, 0.2) is 53.5 Å². The van der Waals surface area contributed by atoms with Crippen molar-refractivity contribution in [3.05, 3.63) is 65.5 Å². The van der Waals surface area contributed by atoms with E-state index in [1.807, 2.05) is 12.1 Å². The molecule has 2 aromatic carbocycles. The zero-order valence-electron chi connectivity index (χ0n) is 14.3. The van der Waals surface area contributed by atoms with Gasteiger partial charge in [0, 0.05) is 31.9 Å². The van der Waals surface area contributed by atoms with Crippen LogP contribution in [0.4, 0.5) is 10.1 Å². The predicted molar refractivity (Wildman–Crippen MR) is 112 cm³/mol. The Labute approximate surface area is 169 Å². The van der Waals surface area contributed by atoms with Crippen molar-refractivity contribution in [2.45, 2.75) is 6.54 Å². The number of aliphatic imine (C=N–C) groups is 1. The Morgan fingerprint density at radius 2 is 1.65 bits per heavy atom. The van der Waals surface area contributed by atoms with E-state index in [9.17, 15) is 4.39 Å². The molecule has 1 aliphatic rings. The van der Waals surface area contributed by atoms with Crippen molar-refractivity contribution in [1.82, 2.24) is 4.90 Å². The summed E-state index contributed by atoms with van der Waals surface area (Å²) in [5, 5.41) is 8.81. The Kier molecular flexibility index (Phi) is 7.21. The number of nitrogens with zero attached hydrogens (tertiary/aromatic N) is 4. The highest BCUT2D eigenvalue weighted by molar-refractivity contribution is 14.0. The molecule has 2 aromatic rings. The third kappa shape index (κ3) is 5.08. The molecule has 0 amide bonds. The number of hydrogen-bond acceptors (Lipinski definition) is 3. The van der Waals surface area contributed by atoms with Crippen LogP contribution in [0.2, 0.25) is 0 Å². The highest BCUT2D eigenvalue weighted by Gasteiger charge is 2.18. The SMILES string of the molecule is I.N#Cc1ccc(CN=C(N)N2CCN(c3ccc(F)cc3)CC2)cc1. The maximum atomic E-state index is 13.0. The molecule has 0 unspecified atom stereocenters. The molecule has 5 nitrogen and oxygen atoms in total. The first-order chi connectivity index (χ1) is 12.2. The van der Waals surface area contributed by atoms with E-state index in [2.05, 4.69) is 20.9 Å². The first kappa shape index (κ1) is 20.0. The maximum Gasteiger partial charge on any atom is 0.191 e. The van der Waals surface area contributed by atoms with E-state index in [0.717, 1.165) is 37.4 Å². The summed E-state index contributed by atoms with van der Waals surface area (Å²) in [7, 11) is 0. The molecule has 3 rings (SSSR count). The number of rotatable bonds is 3. The lowest BCUT2D eigenvalue weighted by atomic mass is 10.1. The second-order valence-electron chi connectivity index (χ2n) is 5.93. The van der Waals surface area contributed by atoms with Gasteiger partial charge in [-0.05, 0) is 42.0 Å². The molecule has 1 aliphatic heterocycles. The Hall–Kier alpha value is -2.34. The smallest absolute Gasteiger partial charge is 0.191 e. The molecule has 136 valence electrons. The van der Waals surface area contributed by atoms with Gasteiger partial charge in [0.2, 0.25) is 0 Å². The maximum absolute atomic E-state index is 13.0. The lowest BCUT2D eigenvalue weighted by molar-refractivity contribution is 0.380. The normalized spacial score (nSPS) is 14.5. The molecule has 1 heterocycles. The number of guanidine groups is 1. The van der Waals surface area contributed by atoms with Crippen molar-refractivity contribution in [1.29, 1.82) is 5.26 Å². The number of halogens is 2. The Balaban J connectivity index is 0.00000243. The third-order valence-corrected chi connectivity index (χ3v) is 4.30. The largest absolute Gasteiger partial charge is 0.370 e. The Morgan fingerprint density at radius 3 is 2.23 bits per heavy atom. The van der Waals surface area contributed by atoms with Gasteiger partial charge in [0.15, 0.2) is 5.96 Å². The fourth-order valence-electron chi connectivity index (χ4n) is 2.80. The number of piperazine rings is 1. The van der Waals surface area contributed by atoms with Gasteiger partial charge in [0.25, 0.3) is 0 Å². The van der Waals surface area contributed by atoms with Gasteiger partial charge in [-0.2, -0.15) is 5.26 Å². The van der Waals surface area contributed by atoms with Crippen LogP contribution in [0.3, 0.4) is 0 Å². The molecule has 0 atom stereocenters. The van der Waals surface area contributed by atoms with Gasteiger partial charge in [0.05, 0.1) is 18.2 Å². The molecule has 0 aromatic heterocycles. The van der Waals surface area contributed by atoms with Crippen molar-refractivity contribution in [2.24, 2.45) is 10.7 Å². The van der Waals surface area contributed by atoms with Gasteiger partial charge in [-0.1, -0.05) is 12.1 Å². The Bertz CT molecular complexity index is 775. The summed E-state index contributed by atoms with van der Waals surface area (Å²) in [5.74, 6) is 0.310. The van der Waals surface area contributed by atoms with Gasteiger partial charge in [0.1, 0.15) is 5.82 Å². The van der Waals surface area contributed by atoms with Crippen LogP contribution in [0.25, 0.3) is 0 Å². The molecule has 1 saturated heterocycles. The molecule has 26 heavy (non-hydrogen) atoms. The molecule has 0 saturated carbocycles. The number of nitrogens with two attached hydrogens (primary N) is 1. The van der Waals surface area contributed by atoms with Gasteiger partial charge in [-0.25, -0.2) is 9.38 Å². The molecule has 7 heteroatoms. The van der Waals surface area contributed by atoms with Gasteiger partial charge < -0.3 is 15.5 Å². The average molecular weight is 465 g/mol. The molecule has 2 N–H and O–H groups in total. The molecule has 0 aliphatic carbocycles. The standard InChI is InChI=1S/C19H20FN5.HI/c20-17-5-7-18(8-6-17)24-9-11-25(12-10-24)19(22)23-14-16-3-1-15(13-21)2-4-16;/h1-8H,9-12,14H2,(H2,22,23);1H. The quantitative estimate of drug-likeness (QED) is 0.430. The van der Waals surface area contributed by atoms with Crippen LogP contribution >= 0.6 is 24.0 Å². The van der Waals surface area contributed by atoms with Crippen LogP contribution in [0.1, 0.15) is 11.1 Å². The van der Waals surface area contributed by atoms with Crippen molar-refractivity contribution in [2.75, 3.05) is 31.1 Å². The van der Waals surface area contributed by atoms with E-state index in [1.165, 1.54) is 12.1 Å². The van der Waals surface area contributed by atoms with Gasteiger partial charge in [-0.15, -0.1) is 24.0 Å². The predicted octanol–water partition coefficient (Wildman–Crippen LogP) is 2.95. The van der Waals surface area contributed by atoms with Crippen molar-refractivity contribution < 1.29 is 4.39 Å². The van der Waals surface area contributed by atoms with Crippen LogP contribution in [-0.2, 0) is 6.54 Å². The molecule has 0 radical (unpaired) electrons. The second-order valence-corrected chi connectivity index (χ2v) is 5.93. The highest BCUT2D eigenvalue weighted by atomic mass is 127. The highest BCUT2D eigenvalue weighted by Crippen LogP contribution is 2.17. The number of anilines is 1. The summed E-state index contributed by atoms with van der Waals surface area (Å²) in [4.78, 5) is 8.72. The van der Waals surface area contributed by atoms with Gasteiger partial charge >= 0.3 is 0 Å². The lowest BCUT2D eigenvalue weighted by Gasteiger charge is -2.36. The molecular weight excluding hydrogens is 444 g/mol. The number of nitriles is 1. The van der Waals surface area contributed by atoms with Crippen molar-refractivity contribution >= 4 is 35.6 Å². The summed E-state index contributed by atoms with van der Waals surface area (Å²) in [6.45, 7) is 3.69. The molecular formula is C19H21FIN5. The summed E-state index contributed by atoms with van der Waals surface area (Å²) in [5.41, 5.74) is 8.79. The van der Waals surface area contributed by atoms with E-state index in [4.69, 9.17) is 11.0 Å². The fourth-order valence-corrected chi connectivity index (χ4v) is 2.80. The summed E-state index contributed by atoms with van der Waals surface area (Å²) in [6, 6.07) is 16.0. The fraction of sp³-hybridized carbons (Fsp3) is 0.263. The lowest BCUT2D eigenvalue weighted by Crippen LogP contribution is -2.51. The van der Waals surface area contributed by atoms with Crippen LogP contribution in [-0.4, -0.2) is 37.0 Å². The first-order valence-electron chi connectivity index (χ1n) is 8.20. The number of hydrogen-bond donors (Lipinski definition) is 1. The van der Waals surface area contributed by atoms with E-state index in [-0.39, 0.29) is 29.8 Å². The summed E-state index contributed by atoms with van der Waals surface area (Å²) >= 11 is 0. The van der Waals surface area contributed by atoms with Crippen molar-refractivity contribution in [3.8, 4) is 6.07 Å². The Morgan fingerprint density at radius 1 is 1.04 bits per heavy atom. The van der Waals surface area contributed by atoms with E-state index in [1.54, 1.807) is 24.3 Å². The minimum absolute atomic E-state index is 0. The van der Waals surface area contributed by atoms with E-state index in [0.29, 0.717) is 18.1 Å². The monoisotopic (exact) mass is 465 g/mol. The summed E-state index contributed by atoms with van der Waals surface area (Å²) in [6.07, 6.45) is 0. The first-order valence-corrected chi connectivity index (χ1v) is 8.20. The number of benzene rings is 2. The van der Waals surface area contributed by atoms with Gasteiger partial charge in [-0.3, -0.25) is 0 Å². The zero-order valence-corrected chi connectivity index (χ0v) is 16.6. The molecule has 0 bridgehead atoms. The molecule has 0 spiro atoms. The second kappa shape index (κ2) is 9.38. The van der Waals surface area contributed by atoms with Crippen LogP contribution in [0.5, 0.6) is 0 Å².